The Bertz CT molecular complexity index is 1370. The van der Waals surface area contributed by atoms with Crippen LogP contribution in [0.4, 0.5) is 13.2 Å². The second-order valence-electron chi connectivity index (χ2n) is 7.94. The zero-order chi connectivity index (χ0) is 24.5. The molecule has 0 aliphatic heterocycles. The monoisotopic (exact) mass is 555 g/mol. The molecule has 190 valence electrons. The highest BCUT2D eigenvalue weighted by Crippen LogP contribution is 2.41. The Morgan fingerprint density at radius 2 is 1.83 bits per heavy atom. The van der Waals surface area contributed by atoms with Gasteiger partial charge in [0, 0.05) is 34.9 Å². The van der Waals surface area contributed by atoms with Crippen molar-refractivity contribution in [2.45, 2.75) is 38.3 Å². The van der Waals surface area contributed by atoms with E-state index in [9.17, 15) is 18.3 Å². The standard InChI is InChI=1S/C24H20F3N5OS.2ClH/c1-3-22-29-13-32(31-22)12-24(33,17-8-19(26)20(27)9-18(17)25)14(2)23-30-21(11-34-23)16-6-4-15(10-28)5-7-16;;/h4-9,11,13-14,33H,3,12H2,1-2H3;2*1H/t14-,24+;;/m0../s1. The number of nitriles is 1. The van der Waals surface area contributed by atoms with Crippen LogP contribution in [-0.2, 0) is 18.6 Å². The van der Waals surface area contributed by atoms with Gasteiger partial charge in [0.05, 0.1) is 22.3 Å². The van der Waals surface area contributed by atoms with E-state index in [0.29, 0.717) is 40.6 Å². The van der Waals surface area contributed by atoms with Crippen molar-refractivity contribution < 1.29 is 35.4 Å². The van der Waals surface area contributed by atoms with Crippen molar-refractivity contribution in [3.05, 3.63) is 87.5 Å². The van der Waals surface area contributed by atoms with E-state index in [4.69, 9.17) is 5.26 Å². The van der Waals surface area contributed by atoms with Crippen LogP contribution < -0.4 is 17.1 Å². The third-order valence-electron chi connectivity index (χ3n) is 5.77. The number of thiazole rings is 1. The molecule has 0 radical (unpaired) electrons. The summed E-state index contributed by atoms with van der Waals surface area (Å²) in [5.41, 5.74) is -0.465. The van der Waals surface area contributed by atoms with Crippen LogP contribution in [0.2, 0.25) is 0 Å². The minimum Gasteiger partial charge on any atom is -1.00 e. The highest BCUT2D eigenvalue weighted by Gasteiger charge is 2.44. The Balaban J connectivity index is 0.00000228. The van der Waals surface area contributed by atoms with Gasteiger partial charge in [-0.15, -0.1) is 23.7 Å². The van der Waals surface area contributed by atoms with Gasteiger partial charge in [-0.05, 0) is 23.2 Å². The van der Waals surface area contributed by atoms with Gasteiger partial charge >= 0.3 is 6.33 Å². The first-order valence-electron chi connectivity index (χ1n) is 10.5. The minimum absolute atomic E-state index is 0. The molecular formula is C24H22Cl2F3N5OS. The Morgan fingerprint density at radius 1 is 1.17 bits per heavy atom. The van der Waals surface area contributed by atoms with E-state index in [1.165, 1.54) is 22.3 Å². The number of aryl methyl sites for hydroxylation is 1. The molecule has 0 fully saturated rings. The second-order valence-corrected chi connectivity index (χ2v) is 8.83. The van der Waals surface area contributed by atoms with E-state index in [1.54, 1.807) is 36.6 Å². The smallest absolute Gasteiger partial charge is 0.307 e. The predicted octanol–water partition coefficient (Wildman–Crippen LogP) is 1.79. The van der Waals surface area contributed by atoms with Crippen molar-refractivity contribution in [3.63, 3.8) is 0 Å². The fraction of sp³-hybridized carbons (Fsp3) is 0.250. The molecule has 0 aliphatic carbocycles. The number of aromatic nitrogens is 4. The molecule has 4 rings (SSSR count). The van der Waals surface area contributed by atoms with Crippen molar-refractivity contribution in [3.8, 4) is 17.3 Å². The molecule has 6 nitrogen and oxygen atoms in total. The molecule has 2 aromatic heterocycles. The molecule has 0 bridgehead atoms. The van der Waals surface area contributed by atoms with Crippen LogP contribution in [0.3, 0.4) is 0 Å². The molecular weight excluding hydrogens is 534 g/mol. The van der Waals surface area contributed by atoms with E-state index in [0.717, 1.165) is 5.56 Å². The lowest BCUT2D eigenvalue weighted by molar-refractivity contribution is -0.765. The van der Waals surface area contributed by atoms with Gasteiger partial charge in [0.1, 0.15) is 18.0 Å². The first kappa shape index (κ1) is 29.3. The number of halogens is 5. The van der Waals surface area contributed by atoms with Crippen molar-refractivity contribution in [2.24, 2.45) is 0 Å². The first-order chi connectivity index (χ1) is 16.2. The van der Waals surface area contributed by atoms with Crippen molar-refractivity contribution in [1.29, 1.82) is 5.26 Å². The highest BCUT2D eigenvalue weighted by atomic mass is 35.5. The third-order valence-corrected chi connectivity index (χ3v) is 6.79. The van der Waals surface area contributed by atoms with Gasteiger partial charge in [-0.2, -0.15) is 15.0 Å². The molecule has 2 aromatic carbocycles. The van der Waals surface area contributed by atoms with Gasteiger partial charge < -0.3 is 17.5 Å². The molecule has 0 spiro atoms. The van der Waals surface area contributed by atoms with Crippen LogP contribution in [0, 0.1) is 28.8 Å². The van der Waals surface area contributed by atoms with Crippen LogP contribution >= 0.6 is 23.7 Å². The first-order valence-corrected chi connectivity index (χ1v) is 11.4. The van der Waals surface area contributed by atoms with E-state index in [-0.39, 0.29) is 36.9 Å². The predicted molar refractivity (Wildman–Crippen MR) is 126 cm³/mol. The topological polar surface area (TPSA) is 89.5 Å². The number of benzene rings is 2. The highest BCUT2D eigenvalue weighted by molar-refractivity contribution is 7.10. The zero-order valence-corrected chi connectivity index (χ0v) is 21.6. The summed E-state index contributed by atoms with van der Waals surface area (Å²) < 4.78 is 44.1. The quantitative estimate of drug-likeness (QED) is 0.269. The summed E-state index contributed by atoms with van der Waals surface area (Å²) in [6.07, 6.45) is 2.07. The van der Waals surface area contributed by atoms with Crippen LogP contribution in [0.15, 0.2) is 48.1 Å². The molecule has 2 heterocycles. The maximum Gasteiger partial charge on any atom is 0.307 e. The van der Waals surface area contributed by atoms with Crippen LogP contribution in [-0.4, -0.2) is 20.2 Å². The van der Waals surface area contributed by atoms with Gasteiger partial charge in [-0.25, -0.2) is 18.2 Å². The van der Waals surface area contributed by atoms with Gasteiger partial charge in [0.2, 0.25) is 0 Å². The van der Waals surface area contributed by atoms with Crippen molar-refractivity contribution in [2.75, 3.05) is 0 Å². The number of hydrogen-bond donors (Lipinski definition) is 2. The summed E-state index contributed by atoms with van der Waals surface area (Å²) >= 11 is 1.26. The summed E-state index contributed by atoms with van der Waals surface area (Å²) in [7, 11) is 0. The maximum absolute atomic E-state index is 14.9. The van der Waals surface area contributed by atoms with Crippen molar-refractivity contribution in [1.82, 2.24) is 15.1 Å². The lowest BCUT2D eigenvalue weighted by Gasteiger charge is -2.32. The van der Waals surface area contributed by atoms with Crippen LogP contribution in [0.25, 0.3) is 11.3 Å². The molecule has 12 heteroatoms. The molecule has 2 atom stereocenters. The lowest BCUT2D eigenvalue weighted by atomic mass is 9.82. The Kier molecular flexibility index (Phi) is 9.63. The average Bonchev–Trinajstić information content (AvgIpc) is 3.50. The number of nitrogens with one attached hydrogen (secondary N) is 1. The Hall–Kier alpha value is -2.97. The van der Waals surface area contributed by atoms with Gasteiger partial charge in [-0.1, -0.05) is 26.0 Å². The minimum atomic E-state index is -1.99. The van der Waals surface area contributed by atoms with Gasteiger partial charge in [-0.3, -0.25) is 0 Å². The number of aromatic amines is 1. The molecule has 36 heavy (non-hydrogen) atoms. The average molecular weight is 556 g/mol. The van der Waals surface area contributed by atoms with E-state index < -0.39 is 29.0 Å². The van der Waals surface area contributed by atoms with Crippen LogP contribution in [0.1, 0.15) is 41.7 Å². The van der Waals surface area contributed by atoms with E-state index >= 15 is 0 Å². The van der Waals surface area contributed by atoms with Gasteiger partial charge in [0.15, 0.2) is 11.6 Å². The van der Waals surface area contributed by atoms with E-state index in [2.05, 4.69) is 21.1 Å². The largest absolute Gasteiger partial charge is 1.00 e. The summed E-state index contributed by atoms with van der Waals surface area (Å²) in [4.78, 5) is 8.80. The van der Waals surface area contributed by atoms with Crippen LogP contribution in [0.5, 0.6) is 0 Å². The SMILES string of the molecule is CCc1nc[n+](C[C@](O)(c2cc(F)c(F)cc2F)[C@@H](C)c2nc(-c3ccc(C#N)cc3)cs2)[nH]1.Cl.[Cl-]. The van der Waals surface area contributed by atoms with E-state index in [1.807, 2.05) is 6.92 Å². The lowest BCUT2D eigenvalue weighted by Crippen LogP contribution is -3.00. The fourth-order valence-electron chi connectivity index (χ4n) is 3.72. The number of aliphatic hydroxyl groups is 1. The molecule has 0 aliphatic rings. The number of hydrogen-bond acceptors (Lipinski definition) is 5. The third kappa shape index (κ3) is 5.71. The summed E-state index contributed by atoms with van der Waals surface area (Å²) in [6.45, 7) is 3.35. The van der Waals surface area contributed by atoms with Gasteiger partial charge in [0.25, 0.3) is 5.82 Å². The molecule has 0 saturated heterocycles. The Labute approximate surface area is 222 Å². The maximum atomic E-state index is 14.9. The molecule has 0 unspecified atom stereocenters. The molecule has 0 saturated carbocycles. The molecule has 4 aromatic rings. The fourth-order valence-corrected chi connectivity index (χ4v) is 4.69. The number of H-pyrrole nitrogens is 1. The number of nitrogens with zero attached hydrogens (tertiary/aromatic N) is 4. The summed E-state index contributed by atoms with van der Waals surface area (Å²) in [6, 6.07) is 10.0. The van der Waals surface area contributed by atoms with Crippen molar-refractivity contribution >= 4 is 23.7 Å². The molecule has 0 amide bonds. The summed E-state index contributed by atoms with van der Waals surface area (Å²) in [5, 5.41) is 26.1. The number of rotatable bonds is 7. The second kappa shape index (κ2) is 11.8. The molecule has 2 N–H and O–H groups in total. The Morgan fingerprint density at radius 3 is 2.44 bits per heavy atom. The normalized spacial score (nSPS) is 13.1. The summed E-state index contributed by atoms with van der Waals surface area (Å²) in [5.74, 6) is -3.81. The zero-order valence-electron chi connectivity index (χ0n) is 19.2.